The molecule has 2 atom stereocenters. The monoisotopic (exact) mass is 334 g/mol. The summed E-state index contributed by atoms with van der Waals surface area (Å²) in [5.41, 5.74) is 0. The Kier molecular flexibility index (Phi) is 7.48. The molecule has 0 aliphatic heterocycles. The molecule has 0 amide bonds. The van der Waals surface area contributed by atoms with Crippen molar-refractivity contribution in [2.24, 2.45) is 0 Å². The van der Waals surface area contributed by atoms with Crippen molar-refractivity contribution in [2.75, 3.05) is 0 Å². The molecule has 0 aromatic rings. The molecule has 0 bridgehead atoms. The van der Waals surface area contributed by atoms with Gasteiger partial charge in [0.15, 0.2) is 6.17 Å². The van der Waals surface area contributed by atoms with Crippen molar-refractivity contribution in [3.63, 3.8) is 0 Å². The van der Waals surface area contributed by atoms with E-state index in [0.29, 0.717) is 6.92 Å². The Hall–Kier alpha value is 0.310. The second-order valence-electron chi connectivity index (χ2n) is 2.60. The molecule has 0 spiro atoms. The van der Waals surface area contributed by atoms with E-state index in [1.807, 2.05) is 0 Å². The first kappa shape index (κ1) is 19.6. The molecule has 0 N–H and O–H groups in total. The van der Waals surface area contributed by atoms with Gasteiger partial charge in [-0.3, -0.25) is 0 Å². The predicted octanol–water partition coefficient (Wildman–Crippen LogP) is 5.16. The lowest BCUT2D eigenvalue weighted by molar-refractivity contribution is -0.174. The zero-order valence-corrected chi connectivity index (χ0v) is 10.1. The Morgan fingerprint density at radius 3 is 1.06 bits per heavy atom. The first-order valence-electron chi connectivity index (χ1n) is 3.58. The van der Waals surface area contributed by atoms with Crippen LogP contribution in [0.1, 0.15) is 6.92 Å². The van der Waals surface area contributed by atoms with E-state index in [9.17, 15) is 35.1 Å². The summed E-state index contributed by atoms with van der Waals surface area (Å²) in [5, 5.41) is -4.39. The van der Waals surface area contributed by atoms with Crippen LogP contribution in [0.2, 0.25) is 0 Å². The second kappa shape index (κ2) is 6.47. The Bertz CT molecular complexity index is 201. The summed E-state index contributed by atoms with van der Waals surface area (Å²) < 4.78 is 86.8. The lowest BCUT2D eigenvalue weighted by Crippen LogP contribution is -2.35. The van der Waals surface area contributed by atoms with Gasteiger partial charge in [-0.05, 0) is 18.5 Å². The largest absolute Gasteiger partial charge is 0.419 e. The molecule has 0 aliphatic rings. The molecule has 17 heavy (non-hydrogen) atoms. The molecular weight excluding hydrogens is 330 g/mol. The van der Waals surface area contributed by atoms with Crippen LogP contribution in [0.3, 0.4) is 0 Å². The van der Waals surface area contributed by atoms with Crippen LogP contribution in [0.15, 0.2) is 0 Å². The van der Waals surface area contributed by atoms with Crippen molar-refractivity contribution >= 4 is 34.8 Å². The van der Waals surface area contributed by atoms with Crippen LogP contribution in [-0.4, -0.2) is 28.5 Å². The van der Waals surface area contributed by atoms with Gasteiger partial charge in [0.1, 0.15) is 0 Å². The summed E-state index contributed by atoms with van der Waals surface area (Å²) in [5.74, 6) is 0. The van der Waals surface area contributed by atoms with Crippen LogP contribution in [0, 0.1) is 0 Å². The highest BCUT2D eigenvalue weighted by atomic mass is 35.5. The molecule has 0 nitrogen and oxygen atoms in total. The predicted molar refractivity (Wildman–Crippen MR) is 47.9 cm³/mol. The lowest BCUT2D eigenvalue weighted by atomic mass is 10.4. The molecule has 0 heterocycles. The number of hydrogen-bond acceptors (Lipinski definition) is 0. The third kappa shape index (κ3) is 9.96. The highest BCUT2D eigenvalue weighted by Gasteiger charge is 2.52. The Labute approximate surface area is 106 Å². The highest BCUT2D eigenvalue weighted by molar-refractivity contribution is 6.48. The van der Waals surface area contributed by atoms with Crippen LogP contribution in [0.5, 0.6) is 0 Å². The first-order chi connectivity index (χ1) is 7.10. The standard InChI is InChI=1S/C3HCl3F4.C3H4F4/c4-2(5,8)1(7)3(6,9)10;1-2(4)3(5,6)7/h1H;2H,1H3. The minimum absolute atomic E-state index is 0.458. The number of halogens is 11. The maximum atomic E-state index is 11.9. The van der Waals surface area contributed by atoms with Crippen LogP contribution >= 0.6 is 34.8 Å². The quantitative estimate of drug-likeness (QED) is 0.483. The SMILES string of the molecule is CC(F)C(F)(F)F.FC(C(F)(F)Cl)C(F)(Cl)Cl. The van der Waals surface area contributed by atoms with Crippen LogP contribution in [-0.2, 0) is 0 Å². The van der Waals surface area contributed by atoms with Crippen LogP contribution < -0.4 is 0 Å². The van der Waals surface area contributed by atoms with Gasteiger partial charge in [-0.1, -0.05) is 23.2 Å². The Morgan fingerprint density at radius 1 is 0.824 bits per heavy atom. The zero-order valence-electron chi connectivity index (χ0n) is 7.81. The Morgan fingerprint density at radius 2 is 1.06 bits per heavy atom. The molecule has 0 saturated carbocycles. The van der Waals surface area contributed by atoms with E-state index in [1.165, 1.54) is 0 Å². The lowest BCUT2D eigenvalue weighted by Gasteiger charge is -2.18. The van der Waals surface area contributed by atoms with Crippen LogP contribution in [0.4, 0.5) is 35.1 Å². The van der Waals surface area contributed by atoms with Gasteiger partial charge in [0, 0.05) is 0 Å². The fraction of sp³-hybridized carbons (Fsp3) is 1.00. The van der Waals surface area contributed by atoms with Crippen molar-refractivity contribution < 1.29 is 35.1 Å². The summed E-state index contributed by atoms with van der Waals surface area (Å²) in [6.07, 6.45) is -10.8. The van der Waals surface area contributed by atoms with E-state index in [0.717, 1.165) is 0 Å². The van der Waals surface area contributed by atoms with Crippen LogP contribution in [0.25, 0.3) is 0 Å². The number of hydrogen-bond donors (Lipinski definition) is 0. The molecule has 11 heteroatoms. The normalized spacial score (nSPS) is 16.9. The first-order valence-corrected chi connectivity index (χ1v) is 4.71. The topological polar surface area (TPSA) is 0 Å². The molecular formula is C6H5Cl3F8. The fourth-order valence-electron chi connectivity index (χ4n) is 0.186. The van der Waals surface area contributed by atoms with E-state index in [4.69, 9.17) is 0 Å². The van der Waals surface area contributed by atoms with Crippen molar-refractivity contribution in [3.05, 3.63) is 0 Å². The minimum Gasteiger partial charge on any atom is -0.238 e. The van der Waals surface area contributed by atoms with Crippen molar-refractivity contribution in [3.8, 4) is 0 Å². The maximum Gasteiger partial charge on any atom is 0.419 e. The highest BCUT2D eigenvalue weighted by Crippen LogP contribution is 2.40. The van der Waals surface area contributed by atoms with E-state index in [-0.39, 0.29) is 0 Å². The average Bonchev–Trinajstić information content (AvgIpc) is 1.98. The summed E-state index contributed by atoms with van der Waals surface area (Å²) in [6.45, 7) is 0.458. The molecule has 0 rings (SSSR count). The van der Waals surface area contributed by atoms with Crippen molar-refractivity contribution in [1.29, 1.82) is 0 Å². The summed E-state index contributed by atoms with van der Waals surface area (Å²) in [7, 11) is 0. The van der Waals surface area contributed by atoms with Gasteiger partial charge in [0.2, 0.25) is 6.17 Å². The van der Waals surface area contributed by atoms with E-state index in [2.05, 4.69) is 34.8 Å². The maximum absolute atomic E-state index is 11.9. The third-order valence-electron chi connectivity index (χ3n) is 1.03. The minimum atomic E-state index is -4.67. The van der Waals surface area contributed by atoms with Gasteiger partial charge in [-0.25, -0.2) is 13.2 Å². The van der Waals surface area contributed by atoms with Gasteiger partial charge in [0.05, 0.1) is 0 Å². The molecule has 0 aromatic heterocycles. The summed E-state index contributed by atoms with van der Waals surface area (Å²) in [6, 6.07) is 0. The van der Waals surface area contributed by atoms with Gasteiger partial charge in [-0.2, -0.15) is 22.0 Å². The van der Waals surface area contributed by atoms with Gasteiger partial charge in [0.25, 0.3) is 4.59 Å². The Balaban J connectivity index is 0. The van der Waals surface area contributed by atoms with Crippen molar-refractivity contribution in [1.82, 2.24) is 0 Å². The van der Waals surface area contributed by atoms with Crippen molar-refractivity contribution in [2.45, 2.75) is 35.4 Å². The number of alkyl halides is 11. The van der Waals surface area contributed by atoms with E-state index >= 15 is 0 Å². The fourth-order valence-corrected chi connectivity index (χ4v) is 0.722. The average molecular weight is 335 g/mol. The smallest absolute Gasteiger partial charge is 0.238 e. The molecule has 0 saturated heterocycles. The molecule has 106 valence electrons. The van der Waals surface area contributed by atoms with Gasteiger partial charge in [-0.15, -0.1) is 0 Å². The van der Waals surface area contributed by atoms with Gasteiger partial charge >= 0.3 is 11.6 Å². The molecule has 0 radical (unpaired) electrons. The van der Waals surface area contributed by atoms with E-state index < -0.39 is 28.5 Å². The molecule has 0 aliphatic carbocycles. The third-order valence-corrected chi connectivity index (χ3v) is 1.60. The molecule has 0 aromatic carbocycles. The second-order valence-corrected chi connectivity index (χ2v) is 4.40. The molecule has 2 unspecified atom stereocenters. The van der Waals surface area contributed by atoms with Gasteiger partial charge < -0.3 is 0 Å². The summed E-state index contributed by atoms with van der Waals surface area (Å²) in [4.78, 5) is 0. The summed E-state index contributed by atoms with van der Waals surface area (Å²) >= 11 is 12.7. The zero-order chi connectivity index (χ0) is 14.7. The van der Waals surface area contributed by atoms with E-state index in [1.54, 1.807) is 0 Å². The molecule has 0 fully saturated rings. The number of rotatable bonds is 2.